The van der Waals surface area contributed by atoms with Crippen LogP contribution < -0.4 is 4.74 Å². The van der Waals surface area contributed by atoms with Gasteiger partial charge in [-0.3, -0.25) is 0 Å². The van der Waals surface area contributed by atoms with E-state index in [0.717, 1.165) is 6.42 Å². The van der Waals surface area contributed by atoms with Crippen molar-refractivity contribution in [3.05, 3.63) is 28.2 Å². The van der Waals surface area contributed by atoms with Gasteiger partial charge in [-0.1, -0.05) is 36.5 Å². The first-order valence-corrected chi connectivity index (χ1v) is 5.64. The number of hydrogen-bond acceptors (Lipinski definition) is 2. The molecule has 0 aliphatic heterocycles. The van der Waals surface area contributed by atoms with Gasteiger partial charge < -0.3 is 9.84 Å². The molecule has 0 saturated heterocycles. The van der Waals surface area contributed by atoms with Gasteiger partial charge in [0.15, 0.2) is 6.10 Å². The molecule has 88 valence electrons. The molecule has 0 heterocycles. The largest absolute Gasteiger partial charge is 0.479 e. The highest BCUT2D eigenvalue weighted by atomic mass is 35.5. The average molecular weight is 263 g/mol. The molecule has 0 aliphatic rings. The number of halogens is 2. The molecule has 1 N–H and O–H groups in total. The molecule has 1 aromatic rings. The molecule has 1 atom stereocenters. The Morgan fingerprint density at radius 1 is 1.50 bits per heavy atom. The van der Waals surface area contributed by atoms with Crippen molar-refractivity contribution in [3.8, 4) is 5.75 Å². The van der Waals surface area contributed by atoms with E-state index in [2.05, 4.69) is 0 Å². The van der Waals surface area contributed by atoms with E-state index in [1.165, 1.54) is 6.07 Å². The van der Waals surface area contributed by atoms with E-state index in [0.29, 0.717) is 22.2 Å². The molecule has 1 rings (SSSR count). The molecule has 0 bridgehead atoms. The molecule has 3 nitrogen and oxygen atoms in total. The monoisotopic (exact) mass is 262 g/mol. The zero-order valence-electron chi connectivity index (χ0n) is 8.74. The van der Waals surface area contributed by atoms with E-state index in [1.54, 1.807) is 12.1 Å². The Kier molecular flexibility index (Phi) is 4.90. The second kappa shape index (κ2) is 5.97. The van der Waals surface area contributed by atoms with Gasteiger partial charge in [-0.15, -0.1) is 0 Å². The minimum atomic E-state index is -0.993. The number of aliphatic carboxylic acids is 1. The zero-order valence-corrected chi connectivity index (χ0v) is 10.3. The quantitative estimate of drug-likeness (QED) is 0.882. The summed E-state index contributed by atoms with van der Waals surface area (Å²) in [6, 6.07) is 4.69. The molecule has 16 heavy (non-hydrogen) atoms. The number of carboxylic acid groups (broad SMARTS) is 1. The lowest BCUT2D eigenvalue weighted by Gasteiger charge is -2.15. The lowest BCUT2D eigenvalue weighted by molar-refractivity contribution is -0.145. The molecule has 0 spiro atoms. The van der Waals surface area contributed by atoms with Crippen molar-refractivity contribution in [3.63, 3.8) is 0 Å². The molecule has 0 radical (unpaired) electrons. The van der Waals surface area contributed by atoms with Gasteiger partial charge in [0.1, 0.15) is 5.75 Å². The summed E-state index contributed by atoms with van der Waals surface area (Å²) in [5.41, 5.74) is 0. The van der Waals surface area contributed by atoms with Crippen molar-refractivity contribution in [2.45, 2.75) is 25.9 Å². The summed E-state index contributed by atoms with van der Waals surface area (Å²) < 4.78 is 5.31. The van der Waals surface area contributed by atoms with Crippen molar-refractivity contribution < 1.29 is 14.6 Å². The van der Waals surface area contributed by atoms with E-state index >= 15 is 0 Å². The molecule has 5 heteroatoms. The van der Waals surface area contributed by atoms with Gasteiger partial charge in [-0.25, -0.2) is 4.79 Å². The van der Waals surface area contributed by atoms with Crippen LogP contribution in [0.3, 0.4) is 0 Å². The van der Waals surface area contributed by atoms with Crippen molar-refractivity contribution in [2.24, 2.45) is 0 Å². The van der Waals surface area contributed by atoms with Crippen LogP contribution in [0.2, 0.25) is 10.0 Å². The molecular weight excluding hydrogens is 251 g/mol. The normalized spacial score (nSPS) is 12.2. The predicted molar refractivity (Wildman–Crippen MR) is 63.4 cm³/mol. The Labute approximate surface area is 104 Å². The smallest absolute Gasteiger partial charge is 0.344 e. The summed E-state index contributed by atoms with van der Waals surface area (Å²) >= 11 is 11.6. The van der Waals surface area contributed by atoms with Gasteiger partial charge in [0.05, 0.1) is 5.02 Å². The molecule has 0 saturated carbocycles. The van der Waals surface area contributed by atoms with Gasteiger partial charge in [-0.2, -0.15) is 0 Å². The van der Waals surface area contributed by atoms with Crippen molar-refractivity contribution >= 4 is 29.2 Å². The van der Waals surface area contributed by atoms with Crippen LogP contribution >= 0.6 is 23.2 Å². The van der Waals surface area contributed by atoms with Gasteiger partial charge in [0.2, 0.25) is 0 Å². The van der Waals surface area contributed by atoms with Crippen LogP contribution in [0.15, 0.2) is 18.2 Å². The van der Waals surface area contributed by atoms with Crippen LogP contribution in [0.25, 0.3) is 0 Å². The number of carboxylic acids is 1. The van der Waals surface area contributed by atoms with E-state index in [9.17, 15) is 4.79 Å². The van der Waals surface area contributed by atoms with Crippen LogP contribution in [-0.2, 0) is 4.79 Å². The van der Waals surface area contributed by atoms with Crippen LogP contribution in [0, 0.1) is 0 Å². The average Bonchev–Trinajstić information content (AvgIpc) is 2.20. The summed E-state index contributed by atoms with van der Waals surface area (Å²) in [6.07, 6.45) is 0.292. The third-order valence-electron chi connectivity index (χ3n) is 1.99. The van der Waals surface area contributed by atoms with Crippen LogP contribution in [0.1, 0.15) is 19.8 Å². The van der Waals surface area contributed by atoms with Gasteiger partial charge in [0, 0.05) is 5.02 Å². The third kappa shape index (κ3) is 3.58. The van der Waals surface area contributed by atoms with E-state index in [4.69, 9.17) is 33.0 Å². The van der Waals surface area contributed by atoms with E-state index in [-0.39, 0.29) is 0 Å². The van der Waals surface area contributed by atoms with Crippen molar-refractivity contribution in [1.82, 2.24) is 0 Å². The van der Waals surface area contributed by atoms with Crippen molar-refractivity contribution in [2.75, 3.05) is 0 Å². The maximum atomic E-state index is 10.9. The summed E-state index contributed by atoms with van der Waals surface area (Å²) in [5, 5.41) is 9.72. The lowest BCUT2D eigenvalue weighted by Crippen LogP contribution is -2.26. The maximum Gasteiger partial charge on any atom is 0.344 e. The fourth-order valence-electron chi connectivity index (χ4n) is 1.22. The van der Waals surface area contributed by atoms with Gasteiger partial charge in [0.25, 0.3) is 0 Å². The molecule has 1 aromatic carbocycles. The summed E-state index contributed by atoms with van der Waals surface area (Å²) in [6.45, 7) is 1.89. The minimum Gasteiger partial charge on any atom is -0.479 e. The lowest BCUT2D eigenvalue weighted by atomic mass is 10.2. The molecule has 0 fully saturated rings. The first-order valence-electron chi connectivity index (χ1n) is 4.89. The predicted octanol–water partition coefficient (Wildman–Crippen LogP) is 3.63. The van der Waals surface area contributed by atoms with Crippen LogP contribution in [0.5, 0.6) is 5.75 Å². The first kappa shape index (κ1) is 13.1. The third-order valence-corrected chi connectivity index (χ3v) is 2.52. The highest BCUT2D eigenvalue weighted by Gasteiger charge is 2.19. The molecule has 0 aromatic heterocycles. The number of hydrogen-bond donors (Lipinski definition) is 1. The van der Waals surface area contributed by atoms with Gasteiger partial charge in [-0.05, 0) is 24.6 Å². The summed E-state index contributed by atoms with van der Waals surface area (Å²) in [7, 11) is 0. The summed E-state index contributed by atoms with van der Waals surface area (Å²) in [4.78, 5) is 10.9. The number of benzene rings is 1. The van der Waals surface area contributed by atoms with Crippen molar-refractivity contribution in [1.29, 1.82) is 0 Å². The Bertz CT molecular complexity index is 379. The molecule has 0 aliphatic carbocycles. The maximum absolute atomic E-state index is 10.9. The molecule has 1 unspecified atom stereocenters. The highest BCUT2D eigenvalue weighted by Crippen LogP contribution is 2.28. The highest BCUT2D eigenvalue weighted by molar-refractivity contribution is 6.35. The first-order chi connectivity index (χ1) is 7.54. The zero-order chi connectivity index (χ0) is 12.1. The standard InChI is InChI=1S/C11H12Cl2O3/c1-2-3-10(11(14)15)16-9-5-4-7(12)6-8(9)13/h4-6,10H,2-3H2,1H3,(H,14,15). The van der Waals surface area contributed by atoms with Crippen LogP contribution in [0.4, 0.5) is 0 Å². The Balaban J connectivity index is 2.81. The fourth-order valence-corrected chi connectivity index (χ4v) is 1.67. The Hall–Kier alpha value is -0.930. The molecular formula is C11H12Cl2O3. The SMILES string of the molecule is CCCC(Oc1ccc(Cl)cc1Cl)C(=O)O. The number of ether oxygens (including phenoxy) is 1. The fraction of sp³-hybridized carbons (Fsp3) is 0.364. The number of carbonyl (C=O) groups is 1. The Morgan fingerprint density at radius 2 is 2.19 bits per heavy atom. The van der Waals surface area contributed by atoms with Gasteiger partial charge >= 0.3 is 5.97 Å². The summed E-state index contributed by atoms with van der Waals surface area (Å²) in [5.74, 6) is -0.653. The number of rotatable bonds is 5. The van der Waals surface area contributed by atoms with E-state index < -0.39 is 12.1 Å². The van der Waals surface area contributed by atoms with Crippen LogP contribution in [-0.4, -0.2) is 17.2 Å². The second-order valence-corrected chi connectivity index (χ2v) is 4.15. The minimum absolute atomic E-state index is 0.315. The Morgan fingerprint density at radius 3 is 2.69 bits per heavy atom. The topological polar surface area (TPSA) is 46.5 Å². The molecule has 0 amide bonds. The van der Waals surface area contributed by atoms with E-state index in [1.807, 2.05) is 6.92 Å². The second-order valence-electron chi connectivity index (χ2n) is 3.31.